The maximum Gasteiger partial charge on any atom is 0.280 e. The lowest BCUT2D eigenvalue weighted by Crippen LogP contribution is -2.04. The summed E-state index contributed by atoms with van der Waals surface area (Å²) in [5, 5.41) is 0. The van der Waals surface area contributed by atoms with Gasteiger partial charge in [-0.15, -0.1) is 0 Å². The molecule has 0 unspecified atom stereocenters. The van der Waals surface area contributed by atoms with E-state index in [0.717, 1.165) is 11.3 Å². The topological polar surface area (TPSA) is 12.9 Å². The van der Waals surface area contributed by atoms with Gasteiger partial charge in [0.1, 0.15) is 5.69 Å². The monoisotopic (exact) mass is 213 g/mol. The molecule has 15 heavy (non-hydrogen) atoms. The van der Waals surface area contributed by atoms with Crippen LogP contribution in [-0.4, -0.2) is 4.98 Å². The summed E-state index contributed by atoms with van der Waals surface area (Å²) in [6.07, 6.45) is -2.48. The van der Waals surface area contributed by atoms with Crippen molar-refractivity contribution in [1.82, 2.24) is 4.98 Å². The van der Waals surface area contributed by atoms with Gasteiger partial charge in [0, 0.05) is 5.69 Å². The Labute approximate surface area is 89.5 Å². The number of aromatic nitrogens is 1. The third kappa shape index (κ3) is 2.74. The molecule has 0 aromatic carbocycles. The molecule has 0 aliphatic heterocycles. The van der Waals surface area contributed by atoms with Crippen molar-refractivity contribution in [1.29, 1.82) is 0 Å². The predicted molar refractivity (Wildman–Crippen MR) is 57.4 cm³/mol. The van der Waals surface area contributed by atoms with E-state index in [4.69, 9.17) is 0 Å². The molecule has 0 aliphatic rings. The van der Waals surface area contributed by atoms with Gasteiger partial charge < -0.3 is 0 Å². The number of hydrogen-bond donors (Lipinski definition) is 0. The summed E-state index contributed by atoms with van der Waals surface area (Å²) in [7, 11) is 0. The van der Waals surface area contributed by atoms with Crippen molar-refractivity contribution in [2.75, 3.05) is 0 Å². The minimum atomic E-state index is -2.48. The van der Waals surface area contributed by atoms with E-state index in [9.17, 15) is 8.78 Å². The Morgan fingerprint density at radius 2 is 1.60 bits per heavy atom. The fourth-order valence-corrected chi connectivity index (χ4v) is 1.57. The largest absolute Gasteiger partial charge is 0.280 e. The number of alkyl halides is 2. The maximum absolute atomic E-state index is 12.5. The number of hydrogen-bond acceptors (Lipinski definition) is 1. The van der Waals surface area contributed by atoms with E-state index in [0.29, 0.717) is 5.92 Å². The van der Waals surface area contributed by atoms with Crippen molar-refractivity contribution in [3.63, 3.8) is 0 Å². The predicted octanol–water partition coefficient (Wildman–Crippen LogP) is 4.27. The first-order valence-corrected chi connectivity index (χ1v) is 5.22. The number of rotatable bonds is 3. The SMILES string of the molecule is CC(C)c1ccc(C(F)F)nc1C(C)C. The van der Waals surface area contributed by atoms with Gasteiger partial charge in [0.2, 0.25) is 0 Å². The van der Waals surface area contributed by atoms with Gasteiger partial charge in [-0.1, -0.05) is 33.8 Å². The summed E-state index contributed by atoms with van der Waals surface area (Å²) in [5.74, 6) is 0.503. The molecule has 0 N–H and O–H groups in total. The van der Waals surface area contributed by atoms with Crippen LogP contribution in [0.5, 0.6) is 0 Å². The first-order chi connectivity index (χ1) is 6.93. The molecule has 1 aromatic rings. The van der Waals surface area contributed by atoms with Crippen LogP contribution in [0.1, 0.15) is 62.9 Å². The van der Waals surface area contributed by atoms with Crippen LogP contribution in [0.25, 0.3) is 0 Å². The van der Waals surface area contributed by atoms with Crippen LogP contribution in [-0.2, 0) is 0 Å². The van der Waals surface area contributed by atoms with Crippen LogP contribution in [0.4, 0.5) is 8.78 Å². The standard InChI is InChI=1S/C12H17F2N/c1-7(2)9-5-6-10(12(13)14)15-11(9)8(3)4/h5-8,12H,1-4H3. The van der Waals surface area contributed by atoms with Gasteiger partial charge >= 0.3 is 0 Å². The van der Waals surface area contributed by atoms with E-state index in [1.165, 1.54) is 6.07 Å². The van der Waals surface area contributed by atoms with E-state index >= 15 is 0 Å². The average molecular weight is 213 g/mol. The lowest BCUT2D eigenvalue weighted by Gasteiger charge is -2.15. The molecule has 0 saturated heterocycles. The molecule has 1 aromatic heterocycles. The van der Waals surface area contributed by atoms with E-state index < -0.39 is 6.43 Å². The molecule has 0 aliphatic carbocycles. The van der Waals surface area contributed by atoms with Crippen molar-refractivity contribution in [2.24, 2.45) is 0 Å². The number of nitrogens with zero attached hydrogens (tertiary/aromatic N) is 1. The lowest BCUT2D eigenvalue weighted by atomic mass is 9.95. The molecule has 0 radical (unpaired) electrons. The summed E-state index contributed by atoms with van der Waals surface area (Å²) >= 11 is 0. The van der Waals surface area contributed by atoms with Crippen molar-refractivity contribution in [3.05, 3.63) is 29.1 Å². The van der Waals surface area contributed by atoms with Crippen molar-refractivity contribution in [3.8, 4) is 0 Å². The minimum Gasteiger partial charge on any atom is -0.251 e. The van der Waals surface area contributed by atoms with E-state index in [1.54, 1.807) is 6.07 Å². The normalized spacial score (nSPS) is 11.8. The van der Waals surface area contributed by atoms with Crippen LogP contribution in [0.15, 0.2) is 12.1 Å². The van der Waals surface area contributed by atoms with Gasteiger partial charge in [-0.2, -0.15) is 0 Å². The molecule has 84 valence electrons. The fourth-order valence-electron chi connectivity index (χ4n) is 1.57. The van der Waals surface area contributed by atoms with Crippen molar-refractivity contribution < 1.29 is 8.78 Å². The van der Waals surface area contributed by atoms with E-state index in [1.807, 2.05) is 27.7 Å². The Morgan fingerprint density at radius 1 is 1.00 bits per heavy atom. The Morgan fingerprint density at radius 3 is 2.00 bits per heavy atom. The van der Waals surface area contributed by atoms with Crippen molar-refractivity contribution >= 4 is 0 Å². The molecule has 0 bridgehead atoms. The molecule has 0 amide bonds. The van der Waals surface area contributed by atoms with Crippen LogP contribution < -0.4 is 0 Å². The second kappa shape index (κ2) is 4.69. The van der Waals surface area contributed by atoms with E-state index in [2.05, 4.69) is 4.98 Å². The molecule has 0 saturated carbocycles. The first kappa shape index (κ1) is 12.1. The second-order valence-corrected chi connectivity index (χ2v) is 4.32. The summed E-state index contributed by atoms with van der Waals surface area (Å²) in [6, 6.07) is 3.19. The molecule has 3 heteroatoms. The quantitative estimate of drug-likeness (QED) is 0.730. The first-order valence-electron chi connectivity index (χ1n) is 5.22. The molecule has 0 spiro atoms. The summed E-state index contributed by atoms with van der Waals surface area (Å²) in [4.78, 5) is 4.04. The van der Waals surface area contributed by atoms with Gasteiger partial charge in [-0.05, 0) is 23.5 Å². The zero-order valence-electron chi connectivity index (χ0n) is 9.59. The third-order valence-electron chi connectivity index (χ3n) is 2.37. The summed E-state index contributed by atoms with van der Waals surface area (Å²) < 4.78 is 25.0. The molecule has 1 heterocycles. The Bertz CT molecular complexity index is 332. The van der Waals surface area contributed by atoms with Gasteiger partial charge in [0.25, 0.3) is 6.43 Å². The second-order valence-electron chi connectivity index (χ2n) is 4.32. The highest BCUT2D eigenvalue weighted by Gasteiger charge is 2.16. The van der Waals surface area contributed by atoms with Gasteiger partial charge in [0.15, 0.2) is 0 Å². The zero-order valence-corrected chi connectivity index (χ0v) is 9.59. The van der Waals surface area contributed by atoms with Gasteiger partial charge in [-0.3, -0.25) is 4.98 Å². The Balaban J connectivity index is 3.21. The number of pyridine rings is 1. The smallest absolute Gasteiger partial charge is 0.251 e. The molecule has 1 nitrogen and oxygen atoms in total. The van der Waals surface area contributed by atoms with Crippen LogP contribution in [0.3, 0.4) is 0 Å². The third-order valence-corrected chi connectivity index (χ3v) is 2.37. The molecular formula is C12H17F2N. The van der Waals surface area contributed by atoms with Gasteiger partial charge in [0.05, 0.1) is 0 Å². The highest BCUT2D eigenvalue weighted by Crippen LogP contribution is 2.27. The van der Waals surface area contributed by atoms with Crippen LogP contribution in [0, 0.1) is 0 Å². The minimum absolute atomic E-state index is 0.122. The summed E-state index contributed by atoms with van der Waals surface area (Å²) in [5.41, 5.74) is 1.74. The Kier molecular flexibility index (Phi) is 3.77. The zero-order chi connectivity index (χ0) is 11.6. The molecule has 0 atom stereocenters. The van der Waals surface area contributed by atoms with Crippen LogP contribution >= 0.6 is 0 Å². The van der Waals surface area contributed by atoms with Crippen LogP contribution in [0.2, 0.25) is 0 Å². The summed E-state index contributed by atoms with van der Waals surface area (Å²) in [6.45, 7) is 8.04. The molecular weight excluding hydrogens is 196 g/mol. The lowest BCUT2D eigenvalue weighted by molar-refractivity contribution is 0.145. The molecule has 1 rings (SSSR count). The van der Waals surface area contributed by atoms with Crippen molar-refractivity contribution in [2.45, 2.75) is 46.0 Å². The fraction of sp³-hybridized carbons (Fsp3) is 0.583. The number of halogens is 2. The van der Waals surface area contributed by atoms with E-state index in [-0.39, 0.29) is 11.6 Å². The highest BCUT2D eigenvalue weighted by molar-refractivity contribution is 5.28. The average Bonchev–Trinajstić information content (AvgIpc) is 2.16. The molecule has 0 fully saturated rings. The highest BCUT2D eigenvalue weighted by atomic mass is 19.3. The maximum atomic E-state index is 12.5. The van der Waals surface area contributed by atoms with Gasteiger partial charge in [-0.25, -0.2) is 8.78 Å². The Hall–Kier alpha value is -0.990.